The van der Waals surface area contributed by atoms with E-state index in [4.69, 9.17) is 0 Å². The molecule has 2 rings (SSSR count). The van der Waals surface area contributed by atoms with Gasteiger partial charge in [0.2, 0.25) is 5.95 Å². The number of ether oxygens (including phenoxy) is 1. The van der Waals surface area contributed by atoms with Crippen LogP contribution in [-0.2, 0) is 4.74 Å². The molecule has 1 heterocycles. The second-order valence-electron chi connectivity index (χ2n) is 6.17. The Hall–Kier alpha value is -2.96. The predicted molar refractivity (Wildman–Crippen MR) is 90.3 cm³/mol. The minimum absolute atomic E-state index is 0.256. The molecule has 2 aromatic rings. The summed E-state index contributed by atoms with van der Waals surface area (Å²) in [5, 5.41) is 5.81. The SMILES string of the molecule is COC(=O)c1cccc(Nc2nccc(C(=O)NC(C)(C)C)n2)c1. The topological polar surface area (TPSA) is 93.2 Å². The first-order valence-corrected chi connectivity index (χ1v) is 7.39. The number of rotatable bonds is 4. The lowest BCUT2D eigenvalue weighted by atomic mass is 10.1. The standard InChI is InChI=1S/C17H20N4O3/c1-17(2,3)21-14(22)13-8-9-18-16(20-13)19-12-7-5-6-11(10-12)15(23)24-4/h5-10H,1-4H3,(H,21,22)(H,18,19,20). The summed E-state index contributed by atoms with van der Waals surface area (Å²) in [5.74, 6) is -0.451. The van der Waals surface area contributed by atoms with Crippen molar-refractivity contribution in [1.82, 2.24) is 15.3 Å². The number of esters is 1. The van der Waals surface area contributed by atoms with E-state index < -0.39 is 5.97 Å². The van der Waals surface area contributed by atoms with Crippen LogP contribution in [0.1, 0.15) is 41.6 Å². The third kappa shape index (κ3) is 4.77. The van der Waals surface area contributed by atoms with Crippen molar-refractivity contribution < 1.29 is 14.3 Å². The fraction of sp³-hybridized carbons (Fsp3) is 0.294. The normalized spacial score (nSPS) is 10.8. The lowest BCUT2D eigenvalue weighted by Crippen LogP contribution is -2.41. The molecule has 0 unspecified atom stereocenters. The van der Waals surface area contributed by atoms with Crippen LogP contribution in [0.2, 0.25) is 0 Å². The van der Waals surface area contributed by atoms with Crippen LogP contribution < -0.4 is 10.6 Å². The van der Waals surface area contributed by atoms with Gasteiger partial charge in [-0.1, -0.05) is 6.07 Å². The largest absolute Gasteiger partial charge is 0.465 e. The van der Waals surface area contributed by atoms with E-state index in [2.05, 4.69) is 25.3 Å². The Morgan fingerprint density at radius 1 is 1.17 bits per heavy atom. The summed E-state index contributed by atoms with van der Waals surface area (Å²) < 4.78 is 4.69. The van der Waals surface area contributed by atoms with Crippen LogP contribution in [-0.4, -0.2) is 34.5 Å². The Morgan fingerprint density at radius 2 is 1.92 bits per heavy atom. The van der Waals surface area contributed by atoms with E-state index in [-0.39, 0.29) is 23.1 Å². The van der Waals surface area contributed by atoms with Gasteiger partial charge in [-0.05, 0) is 45.0 Å². The van der Waals surface area contributed by atoms with Gasteiger partial charge in [-0.3, -0.25) is 4.79 Å². The summed E-state index contributed by atoms with van der Waals surface area (Å²) in [6, 6.07) is 8.28. The van der Waals surface area contributed by atoms with Crippen molar-refractivity contribution in [2.45, 2.75) is 26.3 Å². The van der Waals surface area contributed by atoms with Crippen LogP contribution in [0.4, 0.5) is 11.6 Å². The third-order valence-corrected chi connectivity index (χ3v) is 2.92. The number of methoxy groups -OCH3 is 1. The van der Waals surface area contributed by atoms with Gasteiger partial charge in [-0.2, -0.15) is 0 Å². The maximum Gasteiger partial charge on any atom is 0.337 e. The van der Waals surface area contributed by atoms with Gasteiger partial charge in [-0.25, -0.2) is 14.8 Å². The van der Waals surface area contributed by atoms with E-state index in [1.807, 2.05) is 20.8 Å². The van der Waals surface area contributed by atoms with Crippen LogP contribution in [0.3, 0.4) is 0 Å². The number of hydrogen-bond acceptors (Lipinski definition) is 6. The van der Waals surface area contributed by atoms with E-state index in [1.165, 1.54) is 19.4 Å². The number of anilines is 2. The van der Waals surface area contributed by atoms with E-state index in [9.17, 15) is 9.59 Å². The van der Waals surface area contributed by atoms with Gasteiger partial charge in [0.25, 0.3) is 5.91 Å². The molecule has 1 amide bonds. The zero-order chi connectivity index (χ0) is 17.7. The van der Waals surface area contributed by atoms with Gasteiger partial charge >= 0.3 is 5.97 Å². The van der Waals surface area contributed by atoms with Crippen LogP contribution in [0.15, 0.2) is 36.5 Å². The fourth-order valence-corrected chi connectivity index (χ4v) is 1.92. The number of nitrogens with zero attached hydrogens (tertiary/aromatic N) is 2. The van der Waals surface area contributed by atoms with Gasteiger partial charge in [0.05, 0.1) is 12.7 Å². The smallest absolute Gasteiger partial charge is 0.337 e. The number of amides is 1. The van der Waals surface area contributed by atoms with E-state index in [0.29, 0.717) is 11.3 Å². The zero-order valence-electron chi connectivity index (χ0n) is 14.1. The molecule has 0 fully saturated rings. The van der Waals surface area contributed by atoms with Crippen molar-refractivity contribution in [1.29, 1.82) is 0 Å². The second-order valence-corrected chi connectivity index (χ2v) is 6.17. The molecule has 0 aliphatic rings. The molecule has 0 aliphatic heterocycles. The summed E-state index contributed by atoms with van der Waals surface area (Å²) in [6.45, 7) is 5.68. The lowest BCUT2D eigenvalue weighted by Gasteiger charge is -2.20. The highest BCUT2D eigenvalue weighted by molar-refractivity contribution is 5.93. The van der Waals surface area contributed by atoms with Gasteiger partial charge < -0.3 is 15.4 Å². The number of carbonyl (C=O) groups excluding carboxylic acids is 2. The molecule has 0 saturated carbocycles. The molecule has 0 spiro atoms. The average molecular weight is 328 g/mol. The van der Waals surface area contributed by atoms with Crippen LogP contribution in [0.5, 0.6) is 0 Å². The molecule has 126 valence electrons. The highest BCUT2D eigenvalue weighted by Crippen LogP contribution is 2.15. The zero-order valence-corrected chi connectivity index (χ0v) is 14.1. The molecule has 0 saturated heterocycles. The van der Waals surface area contributed by atoms with Gasteiger partial charge in [-0.15, -0.1) is 0 Å². The molecule has 0 aliphatic carbocycles. The number of benzene rings is 1. The van der Waals surface area contributed by atoms with Crippen LogP contribution in [0, 0.1) is 0 Å². The summed E-state index contributed by atoms with van der Waals surface area (Å²) in [4.78, 5) is 32.0. The van der Waals surface area contributed by atoms with Gasteiger partial charge in [0, 0.05) is 17.4 Å². The molecule has 1 aromatic heterocycles. The molecule has 24 heavy (non-hydrogen) atoms. The van der Waals surface area contributed by atoms with Gasteiger partial charge in [0.1, 0.15) is 5.69 Å². The highest BCUT2D eigenvalue weighted by atomic mass is 16.5. The van der Waals surface area contributed by atoms with E-state index in [0.717, 1.165) is 0 Å². The Kier molecular flexibility index (Phi) is 5.13. The monoisotopic (exact) mass is 328 g/mol. The first-order chi connectivity index (χ1) is 11.3. The summed E-state index contributed by atoms with van der Waals surface area (Å²) in [5.41, 5.74) is 0.923. The van der Waals surface area contributed by atoms with Crippen molar-refractivity contribution in [2.24, 2.45) is 0 Å². The number of aromatic nitrogens is 2. The maximum absolute atomic E-state index is 12.2. The molecule has 0 bridgehead atoms. The molecule has 0 atom stereocenters. The van der Waals surface area contributed by atoms with Crippen molar-refractivity contribution in [3.8, 4) is 0 Å². The highest BCUT2D eigenvalue weighted by Gasteiger charge is 2.17. The van der Waals surface area contributed by atoms with Crippen molar-refractivity contribution >= 4 is 23.5 Å². The number of hydrogen-bond donors (Lipinski definition) is 2. The van der Waals surface area contributed by atoms with Crippen molar-refractivity contribution in [3.63, 3.8) is 0 Å². The number of nitrogens with one attached hydrogen (secondary N) is 2. The maximum atomic E-state index is 12.2. The second kappa shape index (κ2) is 7.08. The first kappa shape index (κ1) is 17.4. The third-order valence-electron chi connectivity index (χ3n) is 2.92. The Labute approximate surface area is 140 Å². The van der Waals surface area contributed by atoms with Crippen LogP contribution >= 0.6 is 0 Å². The molecule has 1 aromatic carbocycles. The quantitative estimate of drug-likeness (QED) is 0.838. The Morgan fingerprint density at radius 3 is 2.58 bits per heavy atom. The molecule has 2 N–H and O–H groups in total. The molecule has 7 heteroatoms. The summed E-state index contributed by atoms with van der Waals surface area (Å²) in [7, 11) is 1.32. The molecule has 7 nitrogen and oxygen atoms in total. The Balaban J connectivity index is 2.18. The fourth-order valence-electron chi connectivity index (χ4n) is 1.92. The summed E-state index contributed by atoms with van der Waals surface area (Å²) in [6.07, 6.45) is 1.50. The van der Waals surface area contributed by atoms with Gasteiger partial charge in [0.15, 0.2) is 0 Å². The summed E-state index contributed by atoms with van der Waals surface area (Å²) >= 11 is 0. The predicted octanol–water partition coefficient (Wildman–Crippen LogP) is 2.54. The van der Waals surface area contributed by atoms with E-state index >= 15 is 0 Å². The lowest BCUT2D eigenvalue weighted by molar-refractivity contribution is 0.0600. The minimum atomic E-state index is -0.433. The average Bonchev–Trinajstić information content (AvgIpc) is 2.53. The number of carbonyl (C=O) groups is 2. The molecule has 0 radical (unpaired) electrons. The van der Waals surface area contributed by atoms with Crippen molar-refractivity contribution in [3.05, 3.63) is 47.8 Å². The molecular formula is C17H20N4O3. The first-order valence-electron chi connectivity index (χ1n) is 7.39. The Bertz CT molecular complexity index is 753. The minimum Gasteiger partial charge on any atom is -0.465 e. The molecular weight excluding hydrogens is 308 g/mol. The van der Waals surface area contributed by atoms with Crippen LogP contribution in [0.25, 0.3) is 0 Å². The van der Waals surface area contributed by atoms with E-state index in [1.54, 1.807) is 24.3 Å². The van der Waals surface area contributed by atoms with Crippen molar-refractivity contribution in [2.75, 3.05) is 12.4 Å².